The number of hydrogen-bond acceptors (Lipinski definition) is 4. The first-order chi connectivity index (χ1) is 6.41. The van der Waals surface area contributed by atoms with Gasteiger partial charge in [-0.2, -0.15) is 0 Å². The molecule has 14 heavy (non-hydrogen) atoms. The van der Waals surface area contributed by atoms with Crippen LogP contribution in [0, 0.1) is 21.4 Å². The number of ether oxygens (including phenoxy) is 2. The smallest absolute Gasteiger partial charge is 0.211 e. The van der Waals surface area contributed by atoms with Crippen molar-refractivity contribution in [3.05, 3.63) is 10.1 Å². The summed E-state index contributed by atoms with van der Waals surface area (Å²) in [6.07, 6.45) is -0.423. The highest BCUT2D eigenvalue weighted by molar-refractivity contribution is 4.72. The van der Waals surface area contributed by atoms with Crippen LogP contribution in [-0.4, -0.2) is 31.0 Å². The van der Waals surface area contributed by atoms with E-state index in [9.17, 15) is 10.1 Å². The Morgan fingerprint density at radius 1 is 1.50 bits per heavy atom. The minimum atomic E-state index is -0.423. The fourth-order valence-electron chi connectivity index (χ4n) is 1.35. The van der Waals surface area contributed by atoms with Gasteiger partial charge in [0.05, 0.1) is 19.1 Å². The van der Waals surface area contributed by atoms with Crippen LogP contribution in [0.5, 0.6) is 0 Å². The lowest BCUT2D eigenvalue weighted by atomic mass is 9.95. The molecule has 1 saturated heterocycles. The zero-order valence-electron chi connectivity index (χ0n) is 8.86. The zero-order valence-corrected chi connectivity index (χ0v) is 8.86. The Morgan fingerprint density at radius 3 is 2.43 bits per heavy atom. The minimum Gasteiger partial charge on any atom is -0.351 e. The molecule has 0 aliphatic carbocycles. The van der Waals surface area contributed by atoms with Gasteiger partial charge in [0.2, 0.25) is 6.54 Å². The molecule has 1 fully saturated rings. The van der Waals surface area contributed by atoms with Crippen LogP contribution in [-0.2, 0) is 9.47 Å². The van der Waals surface area contributed by atoms with E-state index in [2.05, 4.69) is 0 Å². The molecule has 0 amide bonds. The standard InChI is InChI=1S/C9H17NO4/c1-7(4-10(11)12)8-13-5-9(2,3)6-14-8/h7-8H,4-6H2,1-3H3. The fraction of sp³-hybridized carbons (Fsp3) is 1.00. The summed E-state index contributed by atoms with van der Waals surface area (Å²) in [6.45, 7) is 6.94. The van der Waals surface area contributed by atoms with Crippen LogP contribution in [0.2, 0.25) is 0 Å². The van der Waals surface area contributed by atoms with Crippen molar-refractivity contribution in [3.63, 3.8) is 0 Å². The predicted molar refractivity (Wildman–Crippen MR) is 50.5 cm³/mol. The molecule has 1 aliphatic heterocycles. The number of rotatable bonds is 3. The molecule has 82 valence electrons. The van der Waals surface area contributed by atoms with Crippen molar-refractivity contribution >= 4 is 0 Å². The second-order valence-electron chi connectivity index (χ2n) is 4.65. The van der Waals surface area contributed by atoms with Gasteiger partial charge in [0.15, 0.2) is 6.29 Å². The van der Waals surface area contributed by atoms with Crippen LogP contribution in [0.25, 0.3) is 0 Å². The van der Waals surface area contributed by atoms with E-state index < -0.39 is 6.29 Å². The topological polar surface area (TPSA) is 61.6 Å². The average Bonchev–Trinajstić information content (AvgIpc) is 2.02. The molecule has 0 saturated carbocycles. The molecule has 1 heterocycles. The van der Waals surface area contributed by atoms with E-state index in [-0.39, 0.29) is 22.8 Å². The molecule has 5 nitrogen and oxygen atoms in total. The Hall–Kier alpha value is -0.680. The Labute approximate surface area is 83.5 Å². The zero-order chi connectivity index (χ0) is 10.8. The van der Waals surface area contributed by atoms with Gasteiger partial charge >= 0.3 is 0 Å². The quantitative estimate of drug-likeness (QED) is 0.512. The molecule has 1 aliphatic rings. The van der Waals surface area contributed by atoms with Crippen LogP contribution in [0.3, 0.4) is 0 Å². The summed E-state index contributed by atoms with van der Waals surface area (Å²) in [4.78, 5) is 9.94. The number of nitro groups is 1. The highest BCUT2D eigenvalue weighted by Gasteiger charge is 2.32. The Morgan fingerprint density at radius 2 is 2.00 bits per heavy atom. The fourth-order valence-corrected chi connectivity index (χ4v) is 1.35. The molecule has 0 aromatic carbocycles. The monoisotopic (exact) mass is 203 g/mol. The lowest BCUT2D eigenvalue weighted by Crippen LogP contribution is -2.42. The first kappa shape index (κ1) is 11.4. The maximum atomic E-state index is 10.3. The van der Waals surface area contributed by atoms with Crippen molar-refractivity contribution in [1.82, 2.24) is 0 Å². The molecule has 0 bridgehead atoms. The highest BCUT2D eigenvalue weighted by Crippen LogP contribution is 2.25. The summed E-state index contributed by atoms with van der Waals surface area (Å²) in [5, 5.41) is 10.3. The number of hydrogen-bond donors (Lipinski definition) is 0. The molecular weight excluding hydrogens is 186 g/mol. The number of nitrogens with zero attached hydrogens (tertiary/aromatic N) is 1. The molecule has 0 radical (unpaired) electrons. The van der Waals surface area contributed by atoms with Gasteiger partial charge in [0.1, 0.15) is 0 Å². The van der Waals surface area contributed by atoms with Crippen molar-refractivity contribution in [2.75, 3.05) is 19.8 Å². The molecule has 0 aromatic heterocycles. The second kappa shape index (κ2) is 4.23. The lowest BCUT2D eigenvalue weighted by Gasteiger charge is -2.36. The molecular formula is C9H17NO4. The van der Waals surface area contributed by atoms with Crippen LogP contribution in [0.4, 0.5) is 0 Å². The molecule has 0 spiro atoms. The minimum absolute atomic E-state index is 0.0187. The van der Waals surface area contributed by atoms with Gasteiger partial charge in [0, 0.05) is 10.3 Å². The van der Waals surface area contributed by atoms with Crippen LogP contribution in [0.1, 0.15) is 20.8 Å². The molecule has 1 rings (SSSR count). The Kier molecular flexibility index (Phi) is 3.44. The molecule has 1 unspecified atom stereocenters. The highest BCUT2D eigenvalue weighted by atomic mass is 16.7. The van der Waals surface area contributed by atoms with Crippen LogP contribution in [0.15, 0.2) is 0 Å². The van der Waals surface area contributed by atoms with Crippen LogP contribution >= 0.6 is 0 Å². The summed E-state index contributed by atoms with van der Waals surface area (Å²) in [7, 11) is 0. The van der Waals surface area contributed by atoms with Gasteiger partial charge in [-0.05, 0) is 0 Å². The van der Waals surface area contributed by atoms with Crippen molar-refractivity contribution in [3.8, 4) is 0 Å². The van der Waals surface area contributed by atoms with Crippen LogP contribution < -0.4 is 0 Å². The first-order valence-electron chi connectivity index (χ1n) is 4.76. The maximum Gasteiger partial charge on any atom is 0.211 e. The van der Waals surface area contributed by atoms with E-state index in [1.807, 2.05) is 13.8 Å². The summed E-state index contributed by atoms with van der Waals surface area (Å²) in [5.41, 5.74) is 0.0187. The van der Waals surface area contributed by atoms with Gasteiger partial charge in [-0.25, -0.2) is 0 Å². The molecule has 0 aromatic rings. The van der Waals surface area contributed by atoms with E-state index in [1.54, 1.807) is 6.92 Å². The predicted octanol–water partition coefficient (Wildman–Crippen LogP) is 1.30. The van der Waals surface area contributed by atoms with Gasteiger partial charge < -0.3 is 9.47 Å². The third-order valence-electron chi connectivity index (χ3n) is 2.18. The maximum absolute atomic E-state index is 10.3. The molecule has 0 N–H and O–H groups in total. The van der Waals surface area contributed by atoms with Gasteiger partial charge in [-0.15, -0.1) is 0 Å². The largest absolute Gasteiger partial charge is 0.351 e. The normalized spacial score (nSPS) is 24.5. The Bertz CT molecular complexity index is 207. The van der Waals surface area contributed by atoms with E-state index in [1.165, 1.54) is 0 Å². The van der Waals surface area contributed by atoms with Crippen molar-refractivity contribution in [1.29, 1.82) is 0 Å². The van der Waals surface area contributed by atoms with Crippen molar-refractivity contribution < 1.29 is 14.4 Å². The van der Waals surface area contributed by atoms with Crippen molar-refractivity contribution in [2.45, 2.75) is 27.1 Å². The van der Waals surface area contributed by atoms with E-state index in [0.29, 0.717) is 13.2 Å². The van der Waals surface area contributed by atoms with E-state index >= 15 is 0 Å². The van der Waals surface area contributed by atoms with E-state index in [4.69, 9.17) is 9.47 Å². The third kappa shape index (κ3) is 3.23. The van der Waals surface area contributed by atoms with E-state index in [0.717, 1.165) is 0 Å². The van der Waals surface area contributed by atoms with Gasteiger partial charge in [0.25, 0.3) is 0 Å². The summed E-state index contributed by atoms with van der Waals surface area (Å²) < 4.78 is 10.9. The summed E-state index contributed by atoms with van der Waals surface area (Å²) in [5.74, 6) is -0.193. The van der Waals surface area contributed by atoms with Gasteiger partial charge in [-0.1, -0.05) is 20.8 Å². The summed E-state index contributed by atoms with van der Waals surface area (Å²) >= 11 is 0. The molecule has 1 atom stereocenters. The third-order valence-corrected chi connectivity index (χ3v) is 2.18. The second-order valence-corrected chi connectivity index (χ2v) is 4.65. The van der Waals surface area contributed by atoms with Gasteiger partial charge in [-0.3, -0.25) is 10.1 Å². The first-order valence-corrected chi connectivity index (χ1v) is 4.76. The SMILES string of the molecule is CC(C[N+](=O)[O-])C1OCC(C)(C)CO1. The molecule has 5 heteroatoms. The summed E-state index contributed by atoms with van der Waals surface area (Å²) in [6, 6.07) is 0. The van der Waals surface area contributed by atoms with Crippen molar-refractivity contribution in [2.24, 2.45) is 11.3 Å². The Balaban J connectivity index is 2.37. The lowest BCUT2D eigenvalue weighted by molar-refractivity contribution is -0.494. The average molecular weight is 203 g/mol.